The third kappa shape index (κ3) is 4.30. The standard InChI is InChI=1S/C26H20N2/c1-3-11-21(12-4-1)25(19-23-15-7-9-17-27-23)26(22-13-5-2-6-14-22)20-24-16-8-10-18-28-24/h1-20H/b25-19+,26-20+. The minimum atomic E-state index is 0.921. The van der Waals surface area contributed by atoms with Crippen molar-refractivity contribution >= 4 is 23.3 Å². The lowest BCUT2D eigenvalue weighted by Gasteiger charge is -2.14. The minimum absolute atomic E-state index is 0.921. The predicted octanol–water partition coefficient (Wildman–Crippen LogP) is 6.26. The van der Waals surface area contributed by atoms with Crippen molar-refractivity contribution in [1.29, 1.82) is 0 Å². The van der Waals surface area contributed by atoms with Crippen molar-refractivity contribution in [2.75, 3.05) is 0 Å². The van der Waals surface area contributed by atoms with E-state index in [0.29, 0.717) is 0 Å². The smallest absolute Gasteiger partial charge is 0.0636 e. The summed E-state index contributed by atoms with van der Waals surface area (Å²) in [6.45, 7) is 0. The van der Waals surface area contributed by atoms with Crippen molar-refractivity contribution in [3.63, 3.8) is 0 Å². The van der Waals surface area contributed by atoms with Gasteiger partial charge in [-0.25, -0.2) is 0 Å². The minimum Gasteiger partial charge on any atom is -0.257 e. The lowest BCUT2D eigenvalue weighted by molar-refractivity contribution is 1.29. The van der Waals surface area contributed by atoms with E-state index < -0.39 is 0 Å². The van der Waals surface area contributed by atoms with Crippen LogP contribution in [0.1, 0.15) is 22.5 Å². The second-order valence-electron chi connectivity index (χ2n) is 6.36. The number of pyridine rings is 2. The van der Waals surface area contributed by atoms with Gasteiger partial charge in [0.05, 0.1) is 11.4 Å². The average Bonchev–Trinajstić information content (AvgIpc) is 2.79. The summed E-state index contributed by atoms with van der Waals surface area (Å²) in [6.07, 6.45) is 7.91. The Bertz CT molecular complexity index is 977. The molecule has 0 fully saturated rings. The van der Waals surface area contributed by atoms with Gasteiger partial charge in [-0.2, -0.15) is 0 Å². The Morgan fingerprint density at radius 1 is 0.464 bits per heavy atom. The van der Waals surface area contributed by atoms with E-state index in [1.807, 2.05) is 60.9 Å². The van der Waals surface area contributed by atoms with E-state index in [1.54, 1.807) is 0 Å². The molecule has 28 heavy (non-hydrogen) atoms. The third-order valence-electron chi connectivity index (χ3n) is 4.42. The fourth-order valence-corrected chi connectivity index (χ4v) is 3.09. The van der Waals surface area contributed by atoms with Crippen molar-refractivity contribution in [3.8, 4) is 0 Å². The summed E-state index contributed by atoms with van der Waals surface area (Å²) in [6, 6.07) is 32.7. The van der Waals surface area contributed by atoms with Crippen LogP contribution in [-0.4, -0.2) is 9.97 Å². The highest BCUT2D eigenvalue weighted by Gasteiger charge is 2.12. The first kappa shape index (κ1) is 17.6. The Kier molecular flexibility index (Phi) is 5.50. The van der Waals surface area contributed by atoms with E-state index in [4.69, 9.17) is 0 Å². The SMILES string of the molecule is C(=C(\C(=C\c1ccccn1)c1ccccc1)c1ccccc1)/c1ccccn1. The number of aromatic nitrogens is 2. The quantitative estimate of drug-likeness (QED) is 0.393. The van der Waals surface area contributed by atoms with Crippen LogP contribution >= 0.6 is 0 Å². The zero-order valence-electron chi connectivity index (χ0n) is 15.4. The molecule has 2 heterocycles. The molecule has 0 bridgehead atoms. The molecule has 0 saturated carbocycles. The molecule has 2 aromatic heterocycles. The number of rotatable bonds is 5. The molecule has 2 heteroatoms. The molecule has 0 saturated heterocycles. The van der Waals surface area contributed by atoms with Crippen LogP contribution in [0, 0.1) is 0 Å². The van der Waals surface area contributed by atoms with Gasteiger partial charge in [0.15, 0.2) is 0 Å². The van der Waals surface area contributed by atoms with E-state index in [2.05, 4.69) is 70.7 Å². The molecule has 0 spiro atoms. The van der Waals surface area contributed by atoms with Crippen LogP contribution in [0.2, 0.25) is 0 Å². The highest BCUT2D eigenvalue weighted by molar-refractivity contribution is 6.15. The molecule has 2 nitrogen and oxygen atoms in total. The lowest BCUT2D eigenvalue weighted by atomic mass is 9.90. The Labute approximate surface area is 165 Å². The maximum atomic E-state index is 4.51. The fourth-order valence-electron chi connectivity index (χ4n) is 3.09. The number of benzene rings is 2. The zero-order chi connectivity index (χ0) is 19.0. The molecular formula is C26H20N2. The first-order chi connectivity index (χ1) is 13.9. The summed E-state index contributed by atoms with van der Waals surface area (Å²) in [5, 5.41) is 0. The van der Waals surface area contributed by atoms with E-state index in [1.165, 1.54) is 0 Å². The fraction of sp³-hybridized carbons (Fsp3) is 0. The highest BCUT2D eigenvalue weighted by atomic mass is 14.7. The van der Waals surface area contributed by atoms with Gasteiger partial charge in [-0.05, 0) is 58.7 Å². The van der Waals surface area contributed by atoms with Gasteiger partial charge in [0.2, 0.25) is 0 Å². The monoisotopic (exact) mass is 360 g/mol. The molecule has 0 unspecified atom stereocenters. The predicted molar refractivity (Wildman–Crippen MR) is 117 cm³/mol. The lowest BCUT2D eigenvalue weighted by Crippen LogP contribution is -1.93. The van der Waals surface area contributed by atoms with Gasteiger partial charge in [-0.3, -0.25) is 9.97 Å². The molecule has 0 aliphatic carbocycles. The van der Waals surface area contributed by atoms with E-state index in [0.717, 1.165) is 33.7 Å². The maximum absolute atomic E-state index is 4.51. The molecule has 0 N–H and O–H groups in total. The number of hydrogen-bond acceptors (Lipinski definition) is 2. The molecule has 0 amide bonds. The first-order valence-electron chi connectivity index (χ1n) is 9.27. The summed E-state index contributed by atoms with van der Waals surface area (Å²) in [5.41, 5.74) is 6.33. The summed E-state index contributed by atoms with van der Waals surface area (Å²) >= 11 is 0. The Morgan fingerprint density at radius 2 is 0.857 bits per heavy atom. The zero-order valence-corrected chi connectivity index (χ0v) is 15.4. The van der Waals surface area contributed by atoms with Gasteiger partial charge in [-0.15, -0.1) is 0 Å². The van der Waals surface area contributed by atoms with Crippen LogP contribution in [0.3, 0.4) is 0 Å². The Hall–Kier alpha value is -3.78. The van der Waals surface area contributed by atoms with Crippen LogP contribution in [0.5, 0.6) is 0 Å². The summed E-state index contributed by atoms with van der Waals surface area (Å²) in [7, 11) is 0. The Morgan fingerprint density at radius 3 is 1.21 bits per heavy atom. The van der Waals surface area contributed by atoms with Crippen LogP contribution in [0.4, 0.5) is 0 Å². The van der Waals surface area contributed by atoms with Gasteiger partial charge in [0, 0.05) is 12.4 Å². The maximum Gasteiger partial charge on any atom is 0.0636 e. The molecule has 0 aliphatic heterocycles. The number of allylic oxidation sites excluding steroid dienone is 2. The van der Waals surface area contributed by atoms with Crippen LogP contribution in [0.15, 0.2) is 109 Å². The van der Waals surface area contributed by atoms with Gasteiger partial charge in [0.25, 0.3) is 0 Å². The van der Waals surface area contributed by atoms with Crippen LogP contribution < -0.4 is 0 Å². The van der Waals surface area contributed by atoms with E-state index in [9.17, 15) is 0 Å². The summed E-state index contributed by atoms with van der Waals surface area (Å²) in [4.78, 5) is 9.02. The second kappa shape index (κ2) is 8.74. The molecule has 134 valence electrons. The van der Waals surface area contributed by atoms with Crippen molar-refractivity contribution in [2.45, 2.75) is 0 Å². The van der Waals surface area contributed by atoms with Crippen molar-refractivity contribution < 1.29 is 0 Å². The van der Waals surface area contributed by atoms with Gasteiger partial charge < -0.3 is 0 Å². The Balaban J connectivity index is 1.94. The summed E-state index contributed by atoms with van der Waals surface area (Å²) < 4.78 is 0. The normalized spacial score (nSPS) is 12.0. The molecular weight excluding hydrogens is 340 g/mol. The molecule has 4 aromatic rings. The largest absolute Gasteiger partial charge is 0.257 e. The van der Waals surface area contributed by atoms with Crippen LogP contribution in [0.25, 0.3) is 23.3 Å². The van der Waals surface area contributed by atoms with Crippen LogP contribution in [-0.2, 0) is 0 Å². The van der Waals surface area contributed by atoms with Crippen molar-refractivity contribution in [2.24, 2.45) is 0 Å². The van der Waals surface area contributed by atoms with E-state index in [-0.39, 0.29) is 0 Å². The average molecular weight is 360 g/mol. The van der Waals surface area contributed by atoms with E-state index >= 15 is 0 Å². The topological polar surface area (TPSA) is 25.8 Å². The molecule has 0 radical (unpaired) electrons. The molecule has 0 atom stereocenters. The summed E-state index contributed by atoms with van der Waals surface area (Å²) in [5.74, 6) is 0. The number of nitrogens with zero attached hydrogens (tertiary/aromatic N) is 2. The van der Waals surface area contributed by atoms with Gasteiger partial charge in [0.1, 0.15) is 0 Å². The second-order valence-corrected chi connectivity index (χ2v) is 6.36. The van der Waals surface area contributed by atoms with Gasteiger partial charge >= 0.3 is 0 Å². The van der Waals surface area contributed by atoms with Crippen molar-refractivity contribution in [1.82, 2.24) is 9.97 Å². The van der Waals surface area contributed by atoms with Crippen molar-refractivity contribution in [3.05, 3.63) is 132 Å². The molecule has 2 aromatic carbocycles. The highest BCUT2D eigenvalue weighted by Crippen LogP contribution is 2.34. The molecule has 4 rings (SSSR count). The van der Waals surface area contributed by atoms with Gasteiger partial charge in [-0.1, -0.05) is 72.8 Å². The number of hydrogen-bond donors (Lipinski definition) is 0. The first-order valence-corrected chi connectivity index (χ1v) is 9.27. The third-order valence-corrected chi connectivity index (χ3v) is 4.42. The molecule has 0 aliphatic rings.